The molecule has 1 unspecified atom stereocenters. The fourth-order valence-electron chi connectivity index (χ4n) is 2.63. The Morgan fingerprint density at radius 1 is 1.11 bits per heavy atom. The molecular formula is C14H23N3O2. The van der Waals surface area contributed by atoms with Gasteiger partial charge in [-0.25, -0.2) is 0 Å². The van der Waals surface area contributed by atoms with Crippen LogP contribution in [0.3, 0.4) is 0 Å². The monoisotopic (exact) mass is 265 g/mol. The molecule has 106 valence electrons. The van der Waals surface area contributed by atoms with E-state index in [0.29, 0.717) is 6.54 Å². The lowest BCUT2D eigenvalue weighted by atomic mass is 10.0. The second-order valence-corrected chi connectivity index (χ2v) is 4.94. The van der Waals surface area contributed by atoms with Crippen LogP contribution >= 0.6 is 0 Å². The first-order valence-electron chi connectivity index (χ1n) is 6.81. The molecule has 1 saturated heterocycles. The number of aliphatic hydroxyl groups excluding tert-OH is 1. The van der Waals surface area contributed by atoms with Crippen LogP contribution in [0.2, 0.25) is 0 Å². The maximum absolute atomic E-state index is 9.34. The number of aliphatic hydroxyl groups is 1. The van der Waals surface area contributed by atoms with Gasteiger partial charge in [-0.3, -0.25) is 9.80 Å². The number of benzene rings is 1. The van der Waals surface area contributed by atoms with E-state index >= 15 is 0 Å². The van der Waals surface area contributed by atoms with Crippen LogP contribution in [0.15, 0.2) is 24.3 Å². The molecule has 1 aromatic rings. The van der Waals surface area contributed by atoms with Crippen LogP contribution in [0.5, 0.6) is 5.75 Å². The van der Waals surface area contributed by atoms with Crippen LogP contribution in [0, 0.1) is 0 Å². The molecule has 4 N–H and O–H groups in total. The molecule has 1 fully saturated rings. The SMILES string of the molecule is NCC(c1ccc(O)cc1)N1CCN(CCO)CC1. The van der Waals surface area contributed by atoms with E-state index in [1.165, 1.54) is 0 Å². The van der Waals surface area contributed by atoms with Gasteiger partial charge in [0.2, 0.25) is 0 Å². The van der Waals surface area contributed by atoms with E-state index in [2.05, 4.69) is 9.80 Å². The van der Waals surface area contributed by atoms with Crippen molar-refractivity contribution in [2.75, 3.05) is 45.9 Å². The molecule has 1 aliphatic heterocycles. The quantitative estimate of drug-likeness (QED) is 0.699. The molecule has 1 aromatic carbocycles. The van der Waals surface area contributed by atoms with Gasteiger partial charge in [-0.15, -0.1) is 0 Å². The number of aromatic hydroxyl groups is 1. The lowest BCUT2D eigenvalue weighted by Gasteiger charge is -2.39. The van der Waals surface area contributed by atoms with Crippen LogP contribution in [0.25, 0.3) is 0 Å². The summed E-state index contributed by atoms with van der Waals surface area (Å²) < 4.78 is 0. The van der Waals surface area contributed by atoms with Crippen molar-refractivity contribution in [1.82, 2.24) is 9.80 Å². The summed E-state index contributed by atoms with van der Waals surface area (Å²) in [5, 5.41) is 18.3. The third-order valence-corrected chi connectivity index (χ3v) is 3.77. The van der Waals surface area contributed by atoms with E-state index in [-0.39, 0.29) is 18.4 Å². The van der Waals surface area contributed by atoms with Gasteiger partial charge in [0.15, 0.2) is 0 Å². The average molecular weight is 265 g/mol. The van der Waals surface area contributed by atoms with Crippen molar-refractivity contribution in [2.45, 2.75) is 6.04 Å². The van der Waals surface area contributed by atoms with Crippen molar-refractivity contribution in [2.24, 2.45) is 5.73 Å². The molecule has 19 heavy (non-hydrogen) atoms. The second kappa shape index (κ2) is 6.86. The first-order chi connectivity index (χ1) is 9.24. The second-order valence-electron chi connectivity index (χ2n) is 4.94. The third kappa shape index (κ3) is 3.67. The molecule has 5 heteroatoms. The van der Waals surface area contributed by atoms with Crippen molar-refractivity contribution < 1.29 is 10.2 Å². The van der Waals surface area contributed by atoms with Crippen LogP contribution < -0.4 is 5.73 Å². The highest BCUT2D eigenvalue weighted by Crippen LogP contribution is 2.23. The van der Waals surface area contributed by atoms with Crippen molar-refractivity contribution in [3.63, 3.8) is 0 Å². The number of hydrogen-bond acceptors (Lipinski definition) is 5. The van der Waals surface area contributed by atoms with Gasteiger partial charge in [0.1, 0.15) is 5.75 Å². The lowest BCUT2D eigenvalue weighted by molar-refractivity contribution is 0.0857. The van der Waals surface area contributed by atoms with Gasteiger partial charge >= 0.3 is 0 Å². The smallest absolute Gasteiger partial charge is 0.115 e. The lowest BCUT2D eigenvalue weighted by Crippen LogP contribution is -2.49. The van der Waals surface area contributed by atoms with Crippen molar-refractivity contribution in [1.29, 1.82) is 0 Å². The number of β-amino-alcohol motifs (C(OH)–C–C–N with tert-alkyl or cyclic N) is 1. The highest BCUT2D eigenvalue weighted by Gasteiger charge is 2.23. The van der Waals surface area contributed by atoms with Gasteiger partial charge in [-0.05, 0) is 17.7 Å². The van der Waals surface area contributed by atoms with Crippen molar-refractivity contribution in [3.8, 4) is 5.75 Å². The molecule has 1 heterocycles. The topological polar surface area (TPSA) is 73.0 Å². The summed E-state index contributed by atoms with van der Waals surface area (Å²) in [6.45, 7) is 5.40. The molecule has 1 atom stereocenters. The van der Waals surface area contributed by atoms with Gasteiger partial charge in [-0.1, -0.05) is 12.1 Å². The number of rotatable bonds is 5. The number of nitrogens with zero attached hydrogens (tertiary/aromatic N) is 2. The fraction of sp³-hybridized carbons (Fsp3) is 0.571. The van der Waals surface area contributed by atoms with Crippen LogP contribution in [0.1, 0.15) is 11.6 Å². The molecule has 2 rings (SSSR count). The Morgan fingerprint density at radius 2 is 1.74 bits per heavy atom. The minimum absolute atomic E-state index is 0.205. The molecule has 0 amide bonds. The van der Waals surface area contributed by atoms with Gasteiger partial charge < -0.3 is 15.9 Å². The summed E-state index contributed by atoms with van der Waals surface area (Å²) in [6.07, 6.45) is 0. The molecule has 0 aliphatic carbocycles. The van der Waals surface area contributed by atoms with E-state index in [1.807, 2.05) is 12.1 Å². The first-order valence-corrected chi connectivity index (χ1v) is 6.81. The maximum atomic E-state index is 9.34. The highest BCUT2D eigenvalue weighted by atomic mass is 16.3. The molecule has 0 bridgehead atoms. The van der Waals surface area contributed by atoms with Crippen molar-refractivity contribution in [3.05, 3.63) is 29.8 Å². The van der Waals surface area contributed by atoms with E-state index in [1.54, 1.807) is 12.1 Å². The number of piperazine rings is 1. The van der Waals surface area contributed by atoms with Gasteiger partial charge in [0.05, 0.1) is 6.61 Å². The first kappa shape index (κ1) is 14.3. The van der Waals surface area contributed by atoms with E-state index in [0.717, 1.165) is 38.3 Å². The summed E-state index contributed by atoms with van der Waals surface area (Å²) in [7, 11) is 0. The Kier molecular flexibility index (Phi) is 5.15. The number of phenolic OH excluding ortho intramolecular Hbond substituents is 1. The molecule has 5 nitrogen and oxygen atoms in total. The Labute approximate surface area is 114 Å². The van der Waals surface area contributed by atoms with Gasteiger partial charge in [-0.2, -0.15) is 0 Å². The molecule has 0 radical (unpaired) electrons. The zero-order chi connectivity index (χ0) is 13.7. The summed E-state index contributed by atoms with van der Waals surface area (Å²) in [6, 6.07) is 7.50. The average Bonchev–Trinajstić information content (AvgIpc) is 2.44. The number of nitrogens with two attached hydrogens (primary N) is 1. The summed E-state index contributed by atoms with van der Waals surface area (Å²) >= 11 is 0. The Morgan fingerprint density at radius 3 is 2.26 bits per heavy atom. The molecule has 1 aliphatic rings. The predicted octanol–water partition coefficient (Wildman–Crippen LogP) is 0.00190. The van der Waals surface area contributed by atoms with E-state index in [9.17, 15) is 5.11 Å². The van der Waals surface area contributed by atoms with Crippen molar-refractivity contribution >= 4 is 0 Å². The molecule has 0 spiro atoms. The van der Waals surface area contributed by atoms with Crippen LogP contribution in [-0.2, 0) is 0 Å². The zero-order valence-corrected chi connectivity index (χ0v) is 11.2. The Bertz CT molecular complexity index is 375. The Balaban J connectivity index is 1.97. The minimum atomic E-state index is 0.205. The van der Waals surface area contributed by atoms with Crippen LogP contribution in [-0.4, -0.2) is 65.9 Å². The van der Waals surface area contributed by atoms with E-state index < -0.39 is 0 Å². The van der Waals surface area contributed by atoms with Gasteiger partial charge in [0.25, 0.3) is 0 Å². The highest BCUT2D eigenvalue weighted by molar-refractivity contribution is 5.28. The third-order valence-electron chi connectivity index (χ3n) is 3.77. The molecule has 0 aromatic heterocycles. The number of phenols is 1. The molecular weight excluding hydrogens is 242 g/mol. The van der Waals surface area contributed by atoms with Gasteiger partial charge in [0, 0.05) is 45.3 Å². The normalized spacial score (nSPS) is 19.5. The maximum Gasteiger partial charge on any atom is 0.115 e. The van der Waals surface area contributed by atoms with E-state index in [4.69, 9.17) is 10.8 Å². The summed E-state index contributed by atoms with van der Waals surface area (Å²) in [5.74, 6) is 0.285. The number of hydrogen-bond donors (Lipinski definition) is 3. The van der Waals surface area contributed by atoms with Crippen LogP contribution in [0.4, 0.5) is 0 Å². The minimum Gasteiger partial charge on any atom is -0.508 e. The molecule has 0 saturated carbocycles. The zero-order valence-electron chi connectivity index (χ0n) is 11.2. The fourth-order valence-corrected chi connectivity index (χ4v) is 2.63. The summed E-state index contributed by atoms with van der Waals surface area (Å²) in [4.78, 5) is 4.64. The predicted molar refractivity (Wildman–Crippen MR) is 75.0 cm³/mol. The Hall–Kier alpha value is -1.14. The standard InChI is InChI=1S/C14H23N3O2/c15-11-14(12-1-3-13(19)4-2-12)17-7-5-16(6-8-17)9-10-18/h1-4,14,18-19H,5-11,15H2. The summed E-state index contributed by atoms with van der Waals surface area (Å²) in [5.41, 5.74) is 7.06. The largest absolute Gasteiger partial charge is 0.508 e.